The zero-order valence-corrected chi connectivity index (χ0v) is 14.5. The number of hydrogen-bond donors (Lipinski definition) is 0. The minimum absolute atomic E-state index is 0.309. The molecule has 0 aliphatic rings. The molecule has 1 aromatic heterocycles. The standard InChI is InChI=1S/C16H18BrClN2/c1-9(2)15-14(17)16(18)20-13(19-15)8-12-6-5-10(3)11(4)7-12/h5-7,9H,8H2,1-4H3. The molecule has 2 nitrogen and oxygen atoms in total. The molecule has 0 bridgehead atoms. The maximum Gasteiger partial charge on any atom is 0.147 e. The molecule has 1 heterocycles. The topological polar surface area (TPSA) is 25.8 Å². The van der Waals surface area contributed by atoms with E-state index in [1.807, 2.05) is 0 Å². The van der Waals surface area contributed by atoms with Gasteiger partial charge in [0.1, 0.15) is 11.0 Å². The molecule has 2 rings (SSSR count). The number of aryl methyl sites for hydroxylation is 2. The molecular formula is C16H18BrClN2. The Morgan fingerprint density at radius 3 is 2.45 bits per heavy atom. The Hall–Kier alpha value is -0.930. The van der Waals surface area contributed by atoms with Gasteiger partial charge in [0.05, 0.1) is 10.2 Å². The fourth-order valence-electron chi connectivity index (χ4n) is 2.04. The lowest BCUT2D eigenvalue weighted by atomic mass is 10.0. The molecule has 0 saturated heterocycles. The van der Waals surface area contributed by atoms with E-state index < -0.39 is 0 Å². The van der Waals surface area contributed by atoms with E-state index in [-0.39, 0.29) is 0 Å². The van der Waals surface area contributed by atoms with Gasteiger partial charge in [-0.3, -0.25) is 0 Å². The number of halogens is 2. The van der Waals surface area contributed by atoms with Crippen LogP contribution in [-0.2, 0) is 6.42 Å². The second-order valence-electron chi connectivity index (χ2n) is 5.38. The van der Waals surface area contributed by atoms with Crippen molar-refractivity contribution in [1.29, 1.82) is 0 Å². The average Bonchev–Trinajstić information content (AvgIpc) is 2.37. The maximum absolute atomic E-state index is 6.19. The minimum Gasteiger partial charge on any atom is -0.236 e. The smallest absolute Gasteiger partial charge is 0.147 e. The van der Waals surface area contributed by atoms with Gasteiger partial charge in [0.25, 0.3) is 0 Å². The summed E-state index contributed by atoms with van der Waals surface area (Å²) in [6, 6.07) is 6.44. The second-order valence-corrected chi connectivity index (χ2v) is 6.53. The van der Waals surface area contributed by atoms with Crippen LogP contribution in [0, 0.1) is 13.8 Å². The summed E-state index contributed by atoms with van der Waals surface area (Å²) in [5.74, 6) is 1.08. The van der Waals surface area contributed by atoms with E-state index in [0.29, 0.717) is 17.5 Å². The lowest BCUT2D eigenvalue weighted by Gasteiger charge is -2.11. The summed E-state index contributed by atoms with van der Waals surface area (Å²) < 4.78 is 0.804. The van der Waals surface area contributed by atoms with Crippen LogP contribution in [0.5, 0.6) is 0 Å². The van der Waals surface area contributed by atoms with Crippen molar-refractivity contribution in [3.63, 3.8) is 0 Å². The van der Waals surface area contributed by atoms with Gasteiger partial charge in [-0.1, -0.05) is 43.6 Å². The van der Waals surface area contributed by atoms with Gasteiger partial charge in [-0.15, -0.1) is 0 Å². The molecule has 106 valence electrons. The van der Waals surface area contributed by atoms with Crippen molar-refractivity contribution >= 4 is 27.5 Å². The Labute approximate surface area is 133 Å². The highest BCUT2D eigenvalue weighted by molar-refractivity contribution is 9.10. The molecule has 0 unspecified atom stereocenters. The third-order valence-corrected chi connectivity index (χ3v) is 4.65. The number of hydrogen-bond acceptors (Lipinski definition) is 2. The molecule has 0 amide bonds. The summed E-state index contributed by atoms with van der Waals surface area (Å²) in [5, 5.41) is 0.488. The number of nitrogens with zero attached hydrogens (tertiary/aromatic N) is 2. The van der Waals surface area contributed by atoms with Gasteiger partial charge in [-0.25, -0.2) is 9.97 Å². The fourth-order valence-corrected chi connectivity index (χ4v) is 2.87. The van der Waals surface area contributed by atoms with Gasteiger partial charge in [0.2, 0.25) is 0 Å². The molecule has 1 aromatic carbocycles. The van der Waals surface area contributed by atoms with Crippen LogP contribution in [0.3, 0.4) is 0 Å². The summed E-state index contributed by atoms with van der Waals surface area (Å²) in [5.41, 5.74) is 4.76. The van der Waals surface area contributed by atoms with E-state index in [4.69, 9.17) is 11.6 Å². The molecule has 4 heteroatoms. The van der Waals surface area contributed by atoms with Crippen LogP contribution >= 0.6 is 27.5 Å². The molecule has 0 aliphatic heterocycles. The van der Waals surface area contributed by atoms with Crippen molar-refractivity contribution in [3.05, 3.63) is 56.0 Å². The molecule has 0 fully saturated rings. The largest absolute Gasteiger partial charge is 0.236 e. The number of aromatic nitrogens is 2. The third kappa shape index (κ3) is 3.39. The van der Waals surface area contributed by atoms with Crippen LogP contribution in [0.2, 0.25) is 5.15 Å². The first kappa shape index (κ1) is 15.5. The zero-order chi connectivity index (χ0) is 14.9. The van der Waals surface area contributed by atoms with Gasteiger partial charge < -0.3 is 0 Å². The maximum atomic E-state index is 6.19. The van der Waals surface area contributed by atoms with Gasteiger partial charge >= 0.3 is 0 Å². The van der Waals surface area contributed by atoms with Crippen LogP contribution in [-0.4, -0.2) is 9.97 Å². The predicted molar refractivity (Wildman–Crippen MR) is 87.6 cm³/mol. The number of benzene rings is 1. The van der Waals surface area contributed by atoms with Crippen LogP contribution < -0.4 is 0 Å². The van der Waals surface area contributed by atoms with Crippen molar-refractivity contribution in [2.45, 2.75) is 40.0 Å². The highest BCUT2D eigenvalue weighted by Gasteiger charge is 2.14. The van der Waals surface area contributed by atoms with Crippen LogP contribution in [0.15, 0.2) is 22.7 Å². The van der Waals surface area contributed by atoms with Crippen LogP contribution in [0.4, 0.5) is 0 Å². The van der Waals surface area contributed by atoms with Gasteiger partial charge in [-0.2, -0.15) is 0 Å². The van der Waals surface area contributed by atoms with Crippen LogP contribution in [0.1, 0.15) is 48.0 Å². The van der Waals surface area contributed by atoms with Gasteiger partial charge in [0.15, 0.2) is 0 Å². The molecule has 20 heavy (non-hydrogen) atoms. The first-order valence-electron chi connectivity index (χ1n) is 6.66. The van der Waals surface area contributed by atoms with E-state index in [1.165, 1.54) is 16.7 Å². The molecule has 0 aliphatic carbocycles. The van der Waals surface area contributed by atoms with E-state index in [0.717, 1.165) is 16.0 Å². The average molecular weight is 354 g/mol. The van der Waals surface area contributed by atoms with E-state index in [2.05, 4.69) is 71.8 Å². The quantitative estimate of drug-likeness (QED) is 0.707. The summed E-state index contributed by atoms with van der Waals surface area (Å²) in [6.45, 7) is 8.43. The molecule has 0 radical (unpaired) electrons. The summed E-state index contributed by atoms with van der Waals surface area (Å²) >= 11 is 9.65. The van der Waals surface area contributed by atoms with Crippen molar-refractivity contribution in [2.24, 2.45) is 0 Å². The molecule has 2 aromatic rings. The summed E-state index contributed by atoms with van der Waals surface area (Å²) in [6.07, 6.45) is 0.702. The lowest BCUT2D eigenvalue weighted by Crippen LogP contribution is -2.04. The minimum atomic E-state index is 0.309. The molecule has 0 N–H and O–H groups in total. The van der Waals surface area contributed by atoms with E-state index in [9.17, 15) is 0 Å². The van der Waals surface area contributed by atoms with Crippen molar-refractivity contribution in [3.8, 4) is 0 Å². The number of rotatable bonds is 3. The van der Waals surface area contributed by atoms with E-state index >= 15 is 0 Å². The highest BCUT2D eigenvalue weighted by Crippen LogP contribution is 2.29. The predicted octanol–water partition coefficient (Wildman–Crippen LogP) is 5.22. The monoisotopic (exact) mass is 352 g/mol. The Balaban J connectivity index is 2.36. The van der Waals surface area contributed by atoms with Gasteiger partial charge in [-0.05, 0) is 52.4 Å². The second kappa shape index (κ2) is 6.23. The Kier molecular flexibility index (Phi) is 4.82. The molecule has 0 atom stereocenters. The first-order chi connectivity index (χ1) is 9.38. The molecular weight excluding hydrogens is 336 g/mol. The molecule has 0 saturated carbocycles. The zero-order valence-electron chi connectivity index (χ0n) is 12.2. The van der Waals surface area contributed by atoms with Crippen molar-refractivity contribution in [2.75, 3.05) is 0 Å². The van der Waals surface area contributed by atoms with Crippen molar-refractivity contribution < 1.29 is 0 Å². The summed E-state index contributed by atoms with van der Waals surface area (Å²) in [7, 11) is 0. The molecule has 0 spiro atoms. The fraction of sp³-hybridized carbons (Fsp3) is 0.375. The normalized spacial score (nSPS) is 11.2. The van der Waals surface area contributed by atoms with Crippen LogP contribution in [0.25, 0.3) is 0 Å². The Morgan fingerprint density at radius 2 is 1.85 bits per heavy atom. The lowest BCUT2D eigenvalue weighted by molar-refractivity contribution is 0.783. The first-order valence-corrected chi connectivity index (χ1v) is 7.83. The SMILES string of the molecule is Cc1ccc(Cc2nc(Cl)c(Br)c(C(C)C)n2)cc1C. The van der Waals surface area contributed by atoms with Gasteiger partial charge in [0, 0.05) is 6.42 Å². The Bertz CT molecular complexity index is 639. The highest BCUT2D eigenvalue weighted by atomic mass is 79.9. The summed E-state index contributed by atoms with van der Waals surface area (Å²) in [4.78, 5) is 9.01. The van der Waals surface area contributed by atoms with E-state index in [1.54, 1.807) is 0 Å². The van der Waals surface area contributed by atoms with Crippen molar-refractivity contribution in [1.82, 2.24) is 9.97 Å². The third-order valence-electron chi connectivity index (χ3n) is 3.36. The Morgan fingerprint density at radius 1 is 1.15 bits per heavy atom.